The van der Waals surface area contributed by atoms with Crippen LogP contribution in [0.3, 0.4) is 0 Å². The average molecular weight is 193 g/mol. The Morgan fingerprint density at radius 2 is 1.44 bits per heavy atom. The Hall–Kier alpha value is 0.133. The summed E-state index contributed by atoms with van der Waals surface area (Å²) in [5.74, 6) is 0. The second-order valence-electron chi connectivity index (χ2n) is 1.65. The van der Waals surface area contributed by atoms with Gasteiger partial charge in [-0.25, -0.2) is 0 Å². The van der Waals surface area contributed by atoms with E-state index in [9.17, 15) is 0 Å². The Labute approximate surface area is 74.8 Å². The van der Waals surface area contributed by atoms with Crippen molar-refractivity contribution in [3.8, 4) is 0 Å². The molecule has 0 saturated carbocycles. The molecule has 0 aliphatic rings. The Morgan fingerprint density at radius 1 is 1.00 bits per heavy atom. The third kappa shape index (κ3) is 4.63. The average Bonchev–Trinajstić information content (AvgIpc) is 1.69. The third-order valence-corrected chi connectivity index (χ3v) is 0.940. The fourth-order valence-electron chi connectivity index (χ4n) is 0.534. The van der Waals surface area contributed by atoms with Gasteiger partial charge >= 0.3 is 19.5 Å². The predicted octanol–water partition coefficient (Wildman–Crippen LogP) is -1.00. The molecule has 0 radical (unpaired) electrons. The molecule has 0 bridgehead atoms. The van der Waals surface area contributed by atoms with Crippen molar-refractivity contribution in [2.75, 3.05) is 0 Å². The minimum Gasteiger partial charge on any atom is -1.00 e. The molecule has 1 aromatic carbocycles. The van der Waals surface area contributed by atoms with E-state index in [2.05, 4.69) is 19.1 Å². The molecule has 0 heterocycles. The molecule has 0 unspecified atom stereocenters. The van der Waals surface area contributed by atoms with E-state index >= 15 is 0 Å². The first kappa shape index (κ1) is 11.9. The van der Waals surface area contributed by atoms with E-state index in [-0.39, 0.29) is 31.9 Å². The molecule has 0 atom stereocenters. The summed E-state index contributed by atoms with van der Waals surface area (Å²) in [6, 6.07) is 10.3. The monoisotopic (exact) mass is 191 g/mol. The first-order valence-electron chi connectivity index (χ1n) is 2.41. The van der Waals surface area contributed by atoms with Crippen LogP contribution in [-0.4, -0.2) is 0 Å². The summed E-state index contributed by atoms with van der Waals surface area (Å²) in [5, 5.41) is 0. The second kappa shape index (κ2) is 6.26. The van der Waals surface area contributed by atoms with Gasteiger partial charge in [0.2, 0.25) is 0 Å². The molecular weight excluding hydrogens is 185 g/mol. The molecule has 0 nitrogen and oxygen atoms in total. The van der Waals surface area contributed by atoms with Gasteiger partial charge in [0.1, 0.15) is 0 Å². The van der Waals surface area contributed by atoms with Crippen molar-refractivity contribution in [1.82, 2.24) is 0 Å². The summed E-state index contributed by atoms with van der Waals surface area (Å²) < 4.78 is 0. The summed E-state index contributed by atoms with van der Waals surface area (Å²) in [6.45, 7) is 2.08. The Bertz CT molecular complexity index is 139. The summed E-state index contributed by atoms with van der Waals surface area (Å²) in [7, 11) is 0. The van der Waals surface area contributed by atoms with Crippen molar-refractivity contribution in [1.29, 1.82) is 0 Å². The summed E-state index contributed by atoms with van der Waals surface area (Å²) in [4.78, 5) is 0. The van der Waals surface area contributed by atoms with Crippen molar-refractivity contribution in [3.63, 3.8) is 0 Å². The maximum atomic E-state index is 2.08. The molecule has 0 amide bonds. The minimum absolute atomic E-state index is 0. The SMILES string of the molecule is Cc1ccccc1.[Cl-].[Zn+2]. The van der Waals surface area contributed by atoms with Gasteiger partial charge < -0.3 is 12.4 Å². The van der Waals surface area contributed by atoms with Gasteiger partial charge in [-0.3, -0.25) is 0 Å². The minimum atomic E-state index is 0. The molecule has 0 spiro atoms. The Morgan fingerprint density at radius 3 is 1.67 bits per heavy atom. The van der Waals surface area contributed by atoms with Crippen LogP contribution in [0.2, 0.25) is 0 Å². The molecule has 1 rings (SSSR count). The normalized spacial score (nSPS) is 6.78. The fourth-order valence-corrected chi connectivity index (χ4v) is 0.534. The van der Waals surface area contributed by atoms with E-state index in [4.69, 9.17) is 0 Å². The van der Waals surface area contributed by atoms with Crippen LogP contribution in [0, 0.1) is 6.92 Å². The van der Waals surface area contributed by atoms with Gasteiger partial charge in [0.15, 0.2) is 0 Å². The van der Waals surface area contributed by atoms with E-state index in [1.165, 1.54) is 5.56 Å². The van der Waals surface area contributed by atoms with Crippen LogP contribution in [0.5, 0.6) is 0 Å². The number of halogens is 1. The zero-order valence-corrected chi connectivity index (χ0v) is 9.19. The zero-order chi connectivity index (χ0) is 5.11. The van der Waals surface area contributed by atoms with Crippen LogP contribution in [0.15, 0.2) is 30.3 Å². The Kier molecular flexibility index (Phi) is 8.25. The molecule has 0 fully saturated rings. The van der Waals surface area contributed by atoms with E-state index in [1.54, 1.807) is 0 Å². The topological polar surface area (TPSA) is 0 Å². The smallest absolute Gasteiger partial charge is 1.00 e. The molecule has 0 aliphatic carbocycles. The van der Waals surface area contributed by atoms with Crippen molar-refractivity contribution in [2.45, 2.75) is 6.92 Å². The number of benzene rings is 1. The van der Waals surface area contributed by atoms with Crippen molar-refractivity contribution < 1.29 is 31.9 Å². The van der Waals surface area contributed by atoms with Crippen molar-refractivity contribution in [3.05, 3.63) is 35.9 Å². The molecule has 0 N–H and O–H groups in total. The molecule has 9 heavy (non-hydrogen) atoms. The van der Waals surface area contributed by atoms with Crippen molar-refractivity contribution in [2.24, 2.45) is 0 Å². The number of hydrogen-bond donors (Lipinski definition) is 0. The maximum Gasteiger partial charge on any atom is 2.00 e. The first-order valence-corrected chi connectivity index (χ1v) is 2.41. The molecule has 0 aliphatic heterocycles. The zero-order valence-electron chi connectivity index (χ0n) is 5.47. The third-order valence-electron chi connectivity index (χ3n) is 0.940. The van der Waals surface area contributed by atoms with Crippen LogP contribution in [0.25, 0.3) is 0 Å². The van der Waals surface area contributed by atoms with Gasteiger partial charge in [0, 0.05) is 0 Å². The first-order chi connectivity index (χ1) is 3.39. The summed E-state index contributed by atoms with van der Waals surface area (Å²) in [5.41, 5.74) is 1.32. The molecule has 0 aromatic heterocycles. The molecule has 2 heteroatoms. The van der Waals surface area contributed by atoms with E-state index in [1.807, 2.05) is 18.2 Å². The van der Waals surface area contributed by atoms with Crippen LogP contribution in [-0.2, 0) is 19.5 Å². The van der Waals surface area contributed by atoms with Gasteiger partial charge in [-0.2, -0.15) is 0 Å². The van der Waals surface area contributed by atoms with Crippen LogP contribution >= 0.6 is 0 Å². The van der Waals surface area contributed by atoms with Gasteiger partial charge in [-0.1, -0.05) is 35.9 Å². The van der Waals surface area contributed by atoms with Crippen LogP contribution < -0.4 is 12.4 Å². The fraction of sp³-hybridized carbons (Fsp3) is 0.143. The standard InChI is InChI=1S/C7H8.ClH.Zn/c1-7-5-3-2-4-6-7;;/h2-6H,1H3;1H;/q;;+2/p-1. The molecule has 0 saturated heterocycles. The Balaban J connectivity index is 0. The predicted molar refractivity (Wildman–Crippen MR) is 31.2 cm³/mol. The van der Waals surface area contributed by atoms with E-state index < -0.39 is 0 Å². The van der Waals surface area contributed by atoms with Gasteiger partial charge in [-0.05, 0) is 6.92 Å². The number of rotatable bonds is 0. The van der Waals surface area contributed by atoms with Gasteiger partial charge in [0.05, 0.1) is 0 Å². The van der Waals surface area contributed by atoms with Gasteiger partial charge in [0.25, 0.3) is 0 Å². The molecular formula is C7H8ClZn+. The number of aryl methyl sites for hydroxylation is 1. The molecule has 44 valence electrons. The van der Waals surface area contributed by atoms with E-state index in [0.29, 0.717) is 0 Å². The number of hydrogen-bond acceptors (Lipinski definition) is 0. The summed E-state index contributed by atoms with van der Waals surface area (Å²) >= 11 is 0. The molecule has 1 aromatic rings. The van der Waals surface area contributed by atoms with Crippen LogP contribution in [0.1, 0.15) is 5.56 Å². The maximum absolute atomic E-state index is 2.08. The largest absolute Gasteiger partial charge is 2.00 e. The van der Waals surface area contributed by atoms with Crippen molar-refractivity contribution >= 4 is 0 Å². The van der Waals surface area contributed by atoms with Crippen LogP contribution in [0.4, 0.5) is 0 Å². The quantitative estimate of drug-likeness (QED) is 0.463. The second-order valence-corrected chi connectivity index (χ2v) is 1.65. The van der Waals surface area contributed by atoms with Gasteiger partial charge in [-0.15, -0.1) is 0 Å². The van der Waals surface area contributed by atoms with E-state index in [0.717, 1.165) is 0 Å². The summed E-state index contributed by atoms with van der Waals surface area (Å²) in [6.07, 6.45) is 0.